The van der Waals surface area contributed by atoms with Gasteiger partial charge in [0.05, 0.1) is 0 Å². The largest absolute Gasteiger partial charge is 0.444 e. The summed E-state index contributed by atoms with van der Waals surface area (Å²) >= 11 is 0. The Hall–Kier alpha value is -2.85. The van der Waals surface area contributed by atoms with Crippen LogP contribution in [0.5, 0.6) is 0 Å². The zero-order valence-electron chi connectivity index (χ0n) is 43.3. The van der Waals surface area contributed by atoms with Gasteiger partial charge in [0.25, 0.3) is 0 Å². The molecule has 3 saturated heterocycles. The minimum absolute atomic E-state index is 0.0584. The summed E-state index contributed by atoms with van der Waals surface area (Å²) in [6.45, 7) is 23.8. The number of carbonyl (C=O) groups excluding carboxylic acids is 5. The number of carbonyl (C=O) groups is 5. The van der Waals surface area contributed by atoms with Gasteiger partial charge in [-0.25, -0.2) is 4.79 Å². The number of amides is 5. The van der Waals surface area contributed by atoms with Gasteiger partial charge in [-0.2, -0.15) is 0 Å². The van der Waals surface area contributed by atoms with Gasteiger partial charge in [-0.05, 0) is 200 Å². The molecule has 0 radical (unpaired) electrons. The van der Waals surface area contributed by atoms with Gasteiger partial charge in [0.1, 0.15) is 5.60 Å². The van der Waals surface area contributed by atoms with E-state index < -0.39 is 5.60 Å². The first-order chi connectivity index (χ1) is 30.9. The second kappa shape index (κ2) is 27.2. The lowest BCUT2D eigenvalue weighted by molar-refractivity contribution is -0.141. The molecule has 7 aliphatic rings. The van der Waals surface area contributed by atoms with Crippen molar-refractivity contribution in [3.63, 3.8) is 0 Å². The predicted molar refractivity (Wildman–Crippen MR) is 263 cm³/mol. The summed E-state index contributed by atoms with van der Waals surface area (Å²) in [5.41, 5.74) is -0.480. The maximum atomic E-state index is 12.8. The Bertz CT molecular complexity index is 1450. The fourth-order valence-electron chi connectivity index (χ4n) is 11.3. The van der Waals surface area contributed by atoms with Crippen LogP contribution in [0.15, 0.2) is 0 Å². The molecule has 4 saturated carbocycles. The van der Waals surface area contributed by atoms with Crippen molar-refractivity contribution >= 4 is 29.7 Å². The SMILES string of the molecule is CC1CCC(C(=O)N2CCCCC2)CC1.CC1CCC(C(=O)N2CCCC[C@H]2C)CC1.CC1CCC(C(=O)N2CCN(C(=O)OC(C)(C)C)C[C@H]2C)CC1.CNC(=O)C1CCC(C)CC1. The van der Waals surface area contributed by atoms with Crippen molar-refractivity contribution in [1.29, 1.82) is 0 Å². The summed E-state index contributed by atoms with van der Waals surface area (Å²) in [4.78, 5) is 68.7. The van der Waals surface area contributed by atoms with Gasteiger partial charge < -0.3 is 29.7 Å². The highest BCUT2D eigenvalue weighted by atomic mass is 16.6. The molecule has 11 heteroatoms. The van der Waals surface area contributed by atoms with Crippen LogP contribution >= 0.6 is 0 Å². The zero-order valence-corrected chi connectivity index (χ0v) is 43.3. The van der Waals surface area contributed by atoms with Crippen LogP contribution < -0.4 is 5.32 Å². The van der Waals surface area contributed by atoms with Crippen molar-refractivity contribution in [3.05, 3.63) is 0 Å². The molecule has 7 rings (SSSR count). The molecular formula is C54H97N5O6. The Morgan fingerprint density at radius 1 is 0.431 bits per heavy atom. The first kappa shape index (κ1) is 54.8. The number of piperidine rings is 2. The summed E-state index contributed by atoms with van der Waals surface area (Å²) in [5.74, 6) is 5.88. The Labute approximate surface area is 397 Å². The third kappa shape index (κ3) is 18.3. The number of hydrogen-bond donors (Lipinski definition) is 1. The minimum Gasteiger partial charge on any atom is -0.444 e. The molecule has 3 heterocycles. The first-order valence-corrected chi connectivity index (χ1v) is 27.0. The average Bonchev–Trinajstić information content (AvgIpc) is 3.29. The van der Waals surface area contributed by atoms with E-state index in [4.69, 9.17) is 4.74 Å². The fourth-order valence-corrected chi connectivity index (χ4v) is 11.3. The van der Waals surface area contributed by atoms with E-state index in [0.717, 1.165) is 108 Å². The number of piperazine rings is 1. The van der Waals surface area contributed by atoms with Crippen LogP contribution in [0.3, 0.4) is 0 Å². The normalized spacial score (nSPS) is 32.2. The van der Waals surface area contributed by atoms with E-state index in [-0.39, 0.29) is 29.9 Å². The highest BCUT2D eigenvalue weighted by Crippen LogP contribution is 2.34. The topological polar surface area (TPSA) is 120 Å². The van der Waals surface area contributed by atoms with Crippen LogP contribution in [0.1, 0.15) is 204 Å². The molecule has 0 aromatic carbocycles. The van der Waals surface area contributed by atoms with E-state index in [1.165, 1.54) is 77.0 Å². The zero-order chi connectivity index (χ0) is 47.7. The number of nitrogens with zero attached hydrogens (tertiary/aromatic N) is 4. The van der Waals surface area contributed by atoms with Gasteiger partial charge >= 0.3 is 6.09 Å². The van der Waals surface area contributed by atoms with Crippen molar-refractivity contribution in [3.8, 4) is 0 Å². The average molecular weight is 912 g/mol. The molecule has 0 aromatic heterocycles. The monoisotopic (exact) mass is 912 g/mol. The highest BCUT2D eigenvalue weighted by molar-refractivity contribution is 5.81. The molecule has 11 nitrogen and oxygen atoms in total. The molecule has 3 aliphatic heterocycles. The molecule has 0 aromatic rings. The van der Waals surface area contributed by atoms with Gasteiger partial charge in [-0.3, -0.25) is 19.2 Å². The molecule has 65 heavy (non-hydrogen) atoms. The Kier molecular flexibility index (Phi) is 22.9. The second-order valence-electron chi connectivity index (χ2n) is 23.0. The first-order valence-electron chi connectivity index (χ1n) is 27.0. The number of likely N-dealkylation sites (tertiary alicyclic amines) is 2. The van der Waals surface area contributed by atoms with Crippen molar-refractivity contribution in [2.45, 2.75) is 221 Å². The van der Waals surface area contributed by atoms with E-state index in [1.54, 1.807) is 11.9 Å². The summed E-state index contributed by atoms with van der Waals surface area (Å²) < 4.78 is 5.43. The molecule has 7 fully saturated rings. The van der Waals surface area contributed by atoms with E-state index in [2.05, 4.69) is 49.7 Å². The van der Waals surface area contributed by atoms with Gasteiger partial charge in [0, 0.05) is 82.1 Å². The molecule has 0 unspecified atom stereocenters. The summed E-state index contributed by atoms with van der Waals surface area (Å²) in [6.07, 6.45) is 25.7. The number of nitrogens with one attached hydrogen (secondary N) is 1. The van der Waals surface area contributed by atoms with Crippen LogP contribution in [-0.4, -0.2) is 113 Å². The lowest BCUT2D eigenvalue weighted by atomic mass is 9.82. The third-order valence-electron chi connectivity index (χ3n) is 16.0. The number of rotatable bonds is 4. The molecule has 374 valence electrons. The van der Waals surface area contributed by atoms with Crippen molar-refractivity contribution < 1.29 is 28.7 Å². The molecule has 4 aliphatic carbocycles. The smallest absolute Gasteiger partial charge is 0.410 e. The van der Waals surface area contributed by atoms with Crippen molar-refractivity contribution in [1.82, 2.24) is 24.9 Å². The van der Waals surface area contributed by atoms with E-state index in [0.29, 0.717) is 55.2 Å². The summed E-state index contributed by atoms with van der Waals surface area (Å²) in [7, 11) is 1.72. The highest BCUT2D eigenvalue weighted by Gasteiger charge is 2.36. The van der Waals surface area contributed by atoms with E-state index >= 15 is 0 Å². The minimum atomic E-state index is -0.480. The van der Waals surface area contributed by atoms with E-state index in [9.17, 15) is 24.0 Å². The van der Waals surface area contributed by atoms with Gasteiger partial charge in [-0.15, -0.1) is 0 Å². The summed E-state index contributed by atoms with van der Waals surface area (Å²) in [5, 5.41) is 2.71. The maximum absolute atomic E-state index is 12.8. The molecule has 0 bridgehead atoms. The Morgan fingerprint density at radius 2 is 0.831 bits per heavy atom. The van der Waals surface area contributed by atoms with Crippen LogP contribution in [-0.2, 0) is 23.9 Å². The fraction of sp³-hybridized carbons (Fsp3) is 0.907. The van der Waals surface area contributed by atoms with Crippen molar-refractivity contribution in [2.24, 2.45) is 47.3 Å². The molecule has 0 spiro atoms. The van der Waals surface area contributed by atoms with E-state index in [1.807, 2.05) is 32.6 Å². The maximum Gasteiger partial charge on any atom is 0.410 e. The van der Waals surface area contributed by atoms with Crippen LogP contribution in [0, 0.1) is 47.3 Å². The summed E-state index contributed by atoms with van der Waals surface area (Å²) in [6, 6.07) is 0.545. The molecular weight excluding hydrogens is 815 g/mol. The van der Waals surface area contributed by atoms with Crippen molar-refractivity contribution in [2.75, 3.05) is 46.3 Å². The number of ether oxygens (including phenoxy) is 1. The predicted octanol–water partition coefficient (Wildman–Crippen LogP) is 10.9. The third-order valence-corrected chi connectivity index (χ3v) is 16.0. The van der Waals surface area contributed by atoms with Gasteiger partial charge in [0.15, 0.2) is 0 Å². The van der Waals surface area contributed by atoms with Crippen LogP contribution in [0.2, 0.25) is 0 Å². The quantitative estimate of drug-likeness (QED) is 0.300. The molecule has 1 N–H and O–H groups in total. The van der Waals surface area contributed by atoms with Crippen LogP contribution in [0.25, 0.3) is 0 Å². The second-order valence-corrected chi connectivity index (χ2v) is 23.0. The number of hydrogen-bond acceptors (Lipinski definition) is 6. The molecule has 5 amide bonds. The lowest BCUT2D eigenvalue weighted by Crippen LogP contribution is -2.57. The Balaban J connectivity index is 0.000000196. The standard InChI is InChI=1S/C18H32N2O3.C14H25NO.C13H23NO.C9H17NO/c1-13-6-8-15(9-7-13)16(21)20-11-10-19(12-14(20)2)17(22)23-18(3,4)5;1-11-6-8-13(9-7-11)14(16)15-10-4-3-5-12(15)2;1-11-5-7-12(8-6-11)13(15)14-9-3-2-4-10-14;1-7-3-5-8(6-4-7)9(11)10-2/h13-15H,6-12H2,1-5H3;11-13H,3-10H2,1-2H3;11-12H,2-10H2,1H3;7-8H,3-6H2,1-2H3,(H,10,11)/t13?,14-,15?;11?,12-,13?;;/m11../s1. The van der Waals surface area contributed by atoms with Crippen LogP contribution in [0.4, 0.5) is 4.79 Å². The lowest BCUT2D eigenvalue weighted by Gasteiger charge is -2.42. The van der Waals surface area contributed by atoms with Gasteiger partial charge in [-0.1, -0.05) is 27.7 Å². The Morgan fingerprint density at radius 3 is 1.23 bits per heavy atom. The van der Waals surface area contributed by atoms with Gasteiger partial charge in [0.2, 0.25) is 23.6 Å². The molecule has 2 atom stereocenters.